The number of rotatable bonds is 5. The predicted octanol–water partition coefficient (Wildman–Crippen LogP) is 6.76. The number of pyridine rings is 1. The Labute approximate surface area is 226 Å². The van der Waals surface area contributed by atoms with E-state index in [9.17, 15) is 22.8 Å². The number of nitrogens with one attached hydrogen (secondary N) is 2. The summed E-state index contributed by atoms with van der Waals surface area (Å²) in [6.07, 6.45) is -1.69. The number of amides is 2. The van der Waals surface area contributed by atoms with Crippen LogP contribution in [0, 0.1) is 0 Å². The van der Waals surface area contributed by atoms with Crippen molar-refractivity contribution in [3.63, 3.8) is 0 Å². The maximum absolute atomic E-state index is 12.6. The molecule has 210 valence electrons. The average Bonchev–Trinajstić information content (AvgIpc) is 3.25. The fourth-order valence-corrected chi connectivity index (χ4v) is 5.01. The van der Waals surface area contributed by atoms with E-state index in [1.54, 1.807) is 11.0 Å². The summed E-state index contributed by atoms with van der Waals surface area (Å²) in [5.41, 5.74) is 4.07. The van der Waals surface area contributed by atoms with Crippen LogP contribution in [0.1, 0.15) is 80.9 Å². The van der Waals surface area contributed by atoms with Crippen molar-refractivity contribution in [3.8, 4) is 11.3 Å². The summed E-state index contributed by atoms with van der Waals surface area (Å²) in [4.78, 5) is 33.9. The van der Waals surface area contributed by atoms with Crippen molar-refractivity contribution in [1.82, 2.24) is 20.2 Å². The summed E-state index contributed by atoms with van der Waals surface area (Å²) in [7, 11) is 0. The first kappa shape index (κ1) is 28.4. The zero-order valence-corrected chi connectivity index (χ0v) is 22.9. The molecule has 1 saturated heterocycles. The zero-order valence-electron chi connectivity index (χ0n) is 22.9. The molecule has 0 radical (unpaired) electrons. The molecule has 1 fully saturated rings. The van der Waals surface area contributed by atoms with Gasteiger partial charge in [0, 0.05) is 35.8 Å². The summed E-state index contributed by atoms with van der Waals surface area (Å²) in [5.74, 6) is -0.443. The molecule has 1 aliphatic rings. The number of halogens is 3. The number of nitrogens with zero attached hydrogens (tertiary/aromatic N) is 2. The molecule has 0 saturated carbocycles. The van der Waals surface area contributed by atoms with Gasteiger partial charge in [0.25, 0.3) is 5.91 Å². The van der Waals surface area contributed by atoms with Gasteiger partial charge in [-0.1, -0.05) is 19.9 Å². The number of benzene rings is 1. The zero-order chi connectivity index (χ0) is 28.5. The Hall–Kier alpha value is -3.56. The molecule has 3 aromatic rings. The van der Waals surface area contributed by atoms with Gasteiger partial charge in [0.05, 0.1) is 5.69 Å². The molecular formula is C29H35F3N4O3. The summed E-state index contributed by atoms with van der Waals surface area (Å²) in [6.45, 7) is 9.58. The lowest BCUT2D eigenvalue weighted by Crippen LogP contribution is -2.41. The third-order valence-electron chi connectivity index (χ3n) is 6.79. The predicted molar refractivity (Wildman–Crippen MR) is 144 cm³/mol. The van der Waals surface area contributed by atoms with Gasteiger partial charge in [-0.3, -0.25) is 9.78 Å². The molecule has 0 unspecified atom stereocenters. The van der Waals surface area contributed by atoms with Crippen LogP contribution in [-0.4, -0.2) is 58.3 Å². The van der Waals surface area contributed by atoms with Crippen LogP contribution in [0.5, 0.6) is 0 Å². The molecule has 39 heavy (non-hydrogen) atoms. The average molecular weight is 545 g/mol. The van der Waals surface area contributed by atoms with Crippen molar-refractivity contribution in [2.24, 2.45) is 0 Å². The van der Waals surface area contributed by atoms with Gasteiger partial charge in [-0.2, -0.15) is 13.2 Å². The molecule has 10 heteroatoms. The van der Waals surface area contributed by atoms with E-state index in [1.807, 2.05) is 32.2 Å². The number of aromatic amines is 1. The number of piperidine rings is 1. The second-order valence-electron chi connectivity index (χ2n) is 11.3. The van der Waals surface area contributed by atoms with E-state index in [1.165, 1.54) is 17.8 Å². The number of H-pyrrole nitrogens is 1. The number of alkyl halides is 3. The van der Waals surface area contributed by atoms with E-state index >= 15 is 0 Å². The lowest BCUT2D eigenvalue weighted by molar-refractivity contribution is -0.123. The summed E-state index contributed by atoms with van der Waals surface area (Å²) >= 11 is 0. The molecular weight excluding hydrogens is 509 g/mol. The van der Waals surface area contributed by atoms with Crippen molar-refractivity contribution < 1.29 is 27.5 Å². The van der Waals surface area contributed by atoms with Crippen LogP contribution in [0.3, 0.4) is 0 Å². The fourth-order valence-electron chi connectivity index (χ4n) is 5.01. The van der Waals surface area contributed by atoms with E-state index in [-0.39, 0.29) is 17.7 Å². The van der Waals surface area contributed by atoms with Crippen LogP contribution >= 0.6 is 0 Å². The Morgan fingerprint density at radius 3 is 2.44 bits per heavy atom. The number of hydrogen-bond donors (Lipinski definition) is 2. The highest BCUT2D eigenvalue weighted by Crippen LogP contribution is 2.38. The lowest BCUT2D eigenvalue weighted by Gasteiger charge is -2.33. The van der Waals surface area contributed by atoms with Crippen LogP contribution in [0.15, 0.2) is 36.5 Å². The van der Waals surface area contributed by atoms with Gasteiger partial charge in [0.2, 0.25) is 0 Å². The second-order valence-corrected chi connectivity index (χ2v) is 11.3. The number of carbonyl (C=O) groups excluding carboxylic acids is 2. The number of aromatic nitrogens is 2. The van der Waals surface area contributed by atoms with Gasteiger partial charge < -0.3 is 19.9 Å². The second kappa shape index (κ2) is 10.9. The van der Waals surface area contributed by atoms with Crippen LogP contribution < -0.4 is 5.32 Å². The number of likely N-dealkylation sites (tertiary alicyclic amines) is 1. The van der Waals surface area contributed by atoms with Gasteiger partial charge in [0.1, 0.15) is 17.8 Å². The first-order valence-corrected chi connectivity index (χ1v) is 13.2. The number of hydrogen-bond acceptors (Lipinski definition) is 4. The highest BCUT2D eigenvalue weighted by atomic mass is 19.4. The van der Waals surface area contributed by atoms with Crippen molar-refractivity contribution in [1.29, 1.82) is 0 Å². The van der Waals surface area contributed by atoms with Gasteiger partial charge in [0.15, 0.2) is 0 Å². The molecule has 2 aromatic heterocycles. The maximum atomic E-state index is 12.6. The van der Waals surface area contributed by atoms with Crippen molar-refractivity contribution in [2.75, 3.05) is 19.6 Å². The van der Waals surface area contributed by atoms with E-state index in [2.05, 4.69) is 35.9 Å². The minimum Gasteiger partial charge on any atom is -0.444 e. The molecule has 0 bridgehead atoms. The van der Waals surface area contributed by atoms with Gasteiger partial charge in [-0.15, -0.1) is 0 Å². The topological polar surface area (TPSA) is 87.3 Å². The molecule has 3 heterocycles. The third-order valence-corrected chi connectivity index (χ3v) is 6.79. The molecule has 0 spiro atoms. The maximum Gasteiger partial charge on any atom is 0.410 e. The van der Waals surface area contributed by atoms with E-state index in [0.29, 0.717) is 24.6 Å². The quantitative estimate of drug-likeness (QED) is 0.372. The van der Waals surface area contributed by atoms with Crippen molar-refractivity contribution in [2.45, 2.75) is 71.1 Å². The van der Waals surface area contributed by atoms with Gasteiger partial charge >= 0.3 is 12.3 Å². The summed E-state index contributed by atoms with van der Waals surface area (Å²) in [5, 5.41) is 2.94. The molecule has 7 nitrogen and oxygen atoms in total. The first-order chi connectivity index (χ1) is 18.2. The molecule has 1 aliphatic heterocycles. The monoisotopic (exact) mass is 544 g/mol. The third kappa shape index (κ3) is 6.91. The lowest BCUT2D eigenvalue weighted by atomic mass is 9.87. The van der Waals surface area contributed by atoms with Crippen LogP contribution in [-0.2, 0) is 4.74 Å². The van der Waals surface area contributed by atoms with Gasteiger partial charge in [-0.25, -0.2) is 4.79 Å². The van der Waals surface area contributed by atoms with Gasteiger partial charge in [-0.05, 0) is 80.8 Å². The van der Waals surface area contributed by atoms with Crippen molar-refractivity contribution >= 4 is 22.9 Å². The van der Waals surface area contributed by atoms with E-state index in [0.717, 1.165) is 35.0 Å². The Kier molecular flexibility index (Phi) is 7.95. The standard InChI is InChI=1S/C29H35F3N4O3/c1-17(2)24-21-14-19(18-9-12-36(13-10-18)27(38)39-28(3,4)5)6-7-22(21)35-25(24)20-8-11-33-23(15-20)26(37)34-16-29(30,31)32/h6-8,11,14-15,17-18,35H,9-10,12-13,16H2,1-5H3,(H,34,37). The fraction of sp³-hybridized carbons (Fsp3) is 0.483. The Balaban J connectivity index is 1.58. The first-order valence-electron chi connectivity index (χ1n) is 13.2. The molecule has 1 aromatic carbocycles. The Morgan fingerprint density at radius 2 is 1.82 bits per heavy atom. The molecule has 2 N–H and O–H groups in total. The van der Waals surface area contributed by atoms with Crippen LogP contribution in [0.2, 0.25) is 0 Å². The van der Waals surface area contributed by atoms with E-state index in [4.69, 9.17) is 4.74 Å². The number of carbonyl (C=O) groups is 2. The number of ether oxygens (including phenoxy) is 1. The van der Waals surface area contributed by atoms with E-state index < -0.39 is 24.2 Å². The normalized spacial score (nSPS) is 15.2. The SMILES string of the molecule is CC(C)c1c(-c2ccnc(C(=O)NCC(F)(F)F)c2)[nH]c2ccc(C3CCN(C(=O)OC(C)(C)C)CC3)cc12. The molecule has 0 atom stereocenters. The Bertz CT molecular complexity index is 1350. The summed E-state index contributed by atoms with van der Waals surface area (Å²) in [6, 6.07) is 9.58. The smallest absolute Gasteiger partial charge is 0.410 e. The minimum atomic E-state index is -4.50. The van der Waals surface area contributed by atoms with Crippen molar-refractivity contribution in [3.05, 3.63) is 53.3 Å². The molecule has 0 aliphatic carbocycles. The molecule has 2 amide bonds. The minimum absolute atomic E-state index is 0.0810. The van der Waals surface area contributed by atoms with Crippen LogP contribution in [0.4, 0.5) is 18.0 Å². The summed E-state index contributed by atoms with van der Waals surface area (Å²) < 4.78 is 43.2. The number of fused-ring (bicyclic) bond motifs is 1. The Morgan fingerprint density at radius 1 is 1.13 bits per heavy atom. The highest BCUT2D eigenvalue weighted by Gasteiger charge is 2.29. The largest absolute Gasteiger partial charge is 0.444 e. The molecule has 4 rings (SSSR count). The van der Waals surface area contributed by atoms with Crippen LogP contribution in [0.25, 0.3) is 22.2 Å². The highest BCUT2D eigenvalue weighted by molar-refractivity contribution is 5.95.